The molecule has 1 aliphatic heterocycles. The molecule has 4 rings (SSSR count). The van der Waals surface area contributed by atoms with Crippen molar-refractivity contribution in [2.75, 3.05) is 31.1 Å². The molecule has 1 heterocycles. The fraction of sp³-hybridized carbons (Fsp3) is 0.538. The first-order valence-corrected chi connectivity index (χ1v) is 13.8. The highest BCUT2D eigenvalue weighted by Gasteiger charge is 2.30. The zero-order valence-corrected chi connectivity index (χ0v) is 20.6. The van der Waals surface area contributed by atoms with Gasteiger partial charge in [0.05, 0.1) is 17.5 Å². The summed E-state index contributed by atoms with van der Waals surface area (Å²) in [6.45, 7) is 8.17. The summed E-state index contributed by atoms with van der Waals surface area (Å²) in [6.07, 6.45) is 4.07. The normalized spacial score (nSPS) is 22.5. The van der Waals surface area contributed by atoms with Gasteiger partial charge in [0.25, 0.3) is 0 Å². The van der Waals surface area contributed by atoms with Gasteiger partial charge in [0.1, 0.15) is 5.75 Å². The van der Waals surface area contributed by atoms with E-state index in [0.717, 1.165) is 63.2 Å². The van der Waals surface area contributed by atoms with E-state index in [1.165, 1.54) is 5.69 Å². The van der Waals surface area contributed by atoms with Crippen LogP contribution in [0.25, 0.3) is 0 Å². The van der Waals surface area contributed by atoms with Crippen LogP contribution in [0, 0.1) is 0 Å². The summed E-state index contributed by atoms with van der Waals surface area (Å²) in [5, 5.41) is 0. The third-order valence-corrected chi connectivity index (χ3v) is 8.05. The van der Waals surface area contributed by atoms with Crippen molar-refractivity contribution in [1.29, 1.82) is 0 Å². The molecule has 0 spiro atoms. The highest BCUT2D eigenvalue weighted by Crippen LogP contribution is 2.31. The molecule has 1 saturated heterocycles. The Hall–Kier alpha value is -2.09. The molecule has 1 N–H and O–H groups in total. The number of anilines is 1. The standard InChI is InChI=1S/C26H37N3O3S/c1-21(2)32-26-11-7-6-10-25(26)29-18-16-28(17-19-29)24-14-12-23(13-15-24)27-33(30,31)20-22-8-4-3-5-9-22/h3-11,21,23-24,27H,12-20H2,1-2H3. The molecule has 1 aliphatic carbocycles. The van der Waals surface area contributed by atoms with Crippen LogP contribution in [0.15, 0.2) is 54.6 Å². The van der Waals surface area contributed by atoms with Crippen molar-refractivity contribution >= 4 is 15.7 Å². The van der Waals surface area contributed by atoms with Crippen molar-refractivity contribution in [2.24, 2.45) is 0 Å². The first-order valence-electron chi connectivity index (χ1n) is 12.2. The van der Waals surface area contributed by atoms with Gasteiger partial charge in [0.15, 0.2) is 0 Å². The molecule has 0 atom stereocenters. The summed E-state index contributed by atoms with van der Waals surface area (Å²) in [5.41, 5.74) is 2.01. The Kier molecular flexibility index (Phi) is 7.94. The lowest BCUT2D eigenvalue weighted by molar-refractivity contribution is 0.139. The van der Waals surface area contributed by atoms with Gasteiger partial charge in [-0.15, -0.1) is 0 Å². The molecule has 1 saturated carbocycles. The molecular weight excluding hydrogens is 434 g/mol. The van der Waals surface area contributed by atoms with Crippen LogP contribution in [0.3, 0.4) is 0 Å². The average molecular weight is 472 g/mol. The fourth-order valence-electron chi connectivity index (χ4n) is 5.05. The van der Waals surface area contributed by atoms with Crippen molar-refractivity contribution in [3.8, 4) is 5.75 Å². The number of rotatable bonds is 8. The molecular formula is C26H37N3O3S. The first kappa shape index (κ1) is 24.0. The minimum absolute atomic E-state index is 0.0521. The minimum atomic E-state index is -3.31. The van der Waals surface area contributed by atoms with E-state index in [-0.39, 0.29) is 17.9 Å². The Bertz CT molecular complexity index is 981. The molecule has 2 aromatic carbocycles. The number of hydrogen-bond donors (Lipinski definition) is 1. The van der Waals surface area contributed by atoms with Gasteiger partial charge in [-0.2, -0.15) is 0 Å². The SMILES string of the molecule is CC(C)Oc1ccccc1N1CCN(C2CCC(NS(=O)(=O)Cc3ccccc3)CC2)CC1. The maximum absolute atomic E-state index is 12.6. The summed E-state index contributed by atoms with van der Waals surface area (Å²) < 4.78 is 34.1. The van der Waals surface area contributed by atoms with Crippen LogP contribution in [-0.4, -0.2) is 57.7 Å². The zero-order chi connectivity index (χ0) is 23.3. The van der Waals surface area contributed by atoms with Gasteiger partial charge in [-0.25, -0.2) is 13.1 Å². The van der Waals surface area contributed by atoms with Crippen LogP contribution in [0.2, 0.25) is 0 Å². The van der Waals surface area contributed by atoms with E-state index in [1.807, 2.05) is 36.4 Å². The van der Waals surface area contributed by atoms with Crippen LogP contribution >= 0.6 is 0 Å². The molecule has 180 valence electrons. The second-order valence-electron chi connectivity index (χ2n) is 9.53. The van der Waals surface area contributed by atoms with Crippen LogP contribution in [0.4, 0.5) is 5.69 Å². The fourth-order valence-corrected chi connectivity index (χ4v) is 6.51. The predicted molar refractivity (Wildman–Crippen MR) is 134 cm³/mol. The molecule has 0 amide bonds. The summed E-state index contributed by atoms with van der Waals surface area (Å²) in [6, 6.07) is 18.3. The Morgan fingerprint density at radius 3 is 2.21 bits per heavy atom. The highest BCUT2D eigenvalue weighted by molar-refractivity contribution is 7.88. The largest absolute Gasteiger partial charge is 0.489 e. The summed E-state index contributed by atoms with van der Waals surface area (Å²) >= 11 is 0. The van der Waals surface area contributed by atoms with Gasteiger partial charge in [0.2, 0.25) is 10.0 Å². The number of piperazine rings is 1. The summed E-state index contributed by atoms with van der Waals surface area (Å²) in [7, 11) is -3.31. The number of hydrogen-bond acceptors (Lipinski definition) is 5. The molecule has 0 aromatic heterocycles. The van der Waals surface area contributed by atoms with E-state index in [2.05, 4.69) is 46.6 Å². The van der Waals surface area contributed by atoms with Gasteiger partial charge < -0.3 is 9.64 Å². The molecule has 2 aliphatic rings. The summed E-state index contributed by atoms with van der Waals surface area (Å²) in [5.74, 6) is 1.02. The molecule has 2 aromatic rings. The Labute approximate surface area is 199 Å². The Morgan fingerprint density at radius 2 is 1.55 bits per heavy atom. The van der Waals surface area contributed by atoms with E-state index in [1.54, 1.807) is 0 Å². The Balaban J connectivity index is 1.25. The number of nitrogens with zero attached hydrogens (tertiary/aromatic N) is 2. The molecule has 7 heteroatoms. The quantitative estimate of drug-likeness (QED) is 0.630. The minimum Gasteiger partial charge on any atom is -0.489 e. The molecule has 33 heavy (non-hydrogen) atoms. The number of ether oxygens (including phenoxy) is 1. The van der Waals surface area contributed by atoms with Gasteiger partial charge in [-0.3, -0.25) is 4.90 Å². The Morgan fingerprint density at radius 1 is 0.909 bits per heavy atom. The summed E-state index contributed by atoms with van der Waals surface area (Å²) in [4.78, 5) is 5.02. The first-order chi connectivity index (χ1) is 15.9. The van der Waals surface area contributed by atoms with Crippen molar-refractivity contribution in [2.45, 2.75) is 63.5 Å². The van der Waals surface area contributed by atoms with E-state index < -0.39 is 10.0 Å². The average Bonchev–Trinajstić information content (AvgIpc) is 2.80. The van der Waals surface area contributed by atoms with Crippen molar-refractivity contribution < 1.29 is 13.2 Å². The van der Waals surface area contributed by atoms with E-state index >= 15 is 0 Å². The molecule has 0 radical (unpaired) electrons. The van der Waals surface area contributed by atoms with E-state index in [0.29, 0.717) is 6.04 Å². The maximum atomic E-state index is 12.6. The molecule has 2 fully saturated rings. The molecule has 0 bridgehead atoms. The smallest absolute Gasteiger partial charge is 0.216 e. The van der Waals surface area contributed by atoms with E-state index in [4.69, 9.17) is 4.74 Å². The number of benzene rings is 2. The second-order valence-corrected chi connectivity index (χ2v) is 11.3. The van der Waals surface area contributed by atoms with E-state index in [9.17, 15) is 8.42 Å². The maximum Gasteiger partial charge on any atom is 0.216 e. The second kappa shape index (κ2) is 10.9. The van der Waals surface area contributed by atoms with Gasteiger partial charge in [-0.1, -0.05) is 42.5 Å². The van der Waals surface area contributed by atoms with Crippen LogP contribution in [-0.2, 0) is 15.8 Å². The topological polar surface area (TPSA) is 61.9 Å². The van der Waals surface area contributed by atoms with Gasteiger partial charge >= 0.3 is 0 Å². The number of para-hydroxylation sites is 2. The van der Waals surface area contributed by atoms with Crippen LogP contribution in [0.5, 0.6) is 5.75 Å². The molecule has 0 unspecified atom stereocenters. The van der Waals surface area contributed by atoms with Crippen LogP contribution in [0.1, 0.15) is 45.1 Å². The lowest BCUT2D eigenvalue weighted by atomic mass is 9.90. The van der Waals surface area contributed by atoms with Gasteiger partial charge in [-0.05, 0) is 57.2 Å². The predicted octanol–water partition coefficient (Wildman–Crippen LogP) is 4.03. The van der Waals surface area contributed by atoms with Gasteiger partial charge in [0, 0.05) is 38.3 Å². The highest BCUT2D eigenvalue weighted by atomic mass is 32.2. The number of nitrogens with one attached hydrogen (secondary N) is 1. The van der Waals surface area contributed by atoms with Crippen molar-refractivity contribution in [3.05, 3.63) is 60.2 Å². The zero-order valence-electron chi connectivity index (χ0n) is 19.8. The van der Waals surface area contributed by atoms with Crippen LogP contribution < -0.4 is 14.4 Å². The number of sulfonamides is 1. The lowest BCUT2D eigenvalue weighted by Crippen LogP contribution is -2.52. The third kappa shape index (κ3) is 6.71. The molecule has 6 nitrogen and oxygen atoms in total. The van der Waals surface area contributed by atoms with Crippen molar-refractivity contribution in [3.63, 3.8) is 0 Å². The third-order valence-electron chi connectivity index (χ3n) is 6.64. The van der Waals surface area contributed by atoms with Crippen molar-refractivity contribution in [1.82, 2.24) is 9.62 Å². The lowest BCUT2D eigenvalue weighted by Gasteiger charge is -2.43. The monoisotopic (exact) mass is 471 g/mol.